The van der Waals surface area contributed by atoms with Crippen molar-refractivity contribution >= 4 is 11.9 Å². The molecule has 0 aromatic heterocycles. The van der Waals surface area contributed by atoms with Crippen LogP contribution in [0.2, 0.25) is 0 Å². The van der Waals surface area contributed by atoms with Crippen molar-refractivity contribution in [1.82, 2.24) is 15.1 Å². The normalized spacial score (nSPS) is 22.9. The molecule has 0 radical (unpaired) electrons. The number of rotatable bonds is 3. The molecule has 96 valence electrons. The third kappa shape index (κ3) is 2.88. The Bertz CT molecular complexity index is 302. The third-order valence-corrected chi connectivity index (χ3v) is 3.44. The second-order valence-electron chi connectivity index (χ2n) is 4.70. The smallest absolute Gasteiger partial charge is 0.320 e. The van der Waals surface area contributed by atoms with Gasteiger partial charge in [-0.2, -0.15) is 0 Å². The maximum atomic E-state index is 12.2. The van der Waals surface area contributed by atoms with Gasteiger partial charge in [-0.15, -0.1) is 0 Å². The van der Waals surface area contributed by atoms with Crippen LogP contribution in [-0.2, 0) is 4.79 Å². The van der Waals surface area contributed by atoms with E-state index in [2.05, 4.69) is 5.32 Å². The summed E-state index contributed by atoms with van der Waals surface area (Å²) in [6.07, 6.45) is 2.91. The molecule has 0 atom stereocenters. The lowest BCUT2D eigenvalue weighted by Gasteiger charge is -2.41. The number of piperidine rings is 1. The summed E-state index contributed by atoms with van der Waals surface area (Å²) in [7, 11) is 0. The van der Waals surface area contributed by atoms with Gasteiger partial charge in [-0.05, 0) is 32.4 Å². The van der Waals surface area contributed by atoms with Gasteiger partial charge in [0.2, 0.25) is 5.91 Å². The summed E-state index contributed by atoms with van der Waals surface area (Å²) >= 11 is 0. The van der Waals surface area contributed by atoms with E-state index in [1.807, 2.05) is 4.90 Å². The Morgan fingerprint density at radius 1 is 1.35 bits per heavy atom. The summed E-state index contributed by atoms with van der Waals surface area (Å²) in [6, 6.07) is 0.293. The number of nitrogens with one attached hydrogen (secondary N) is 1. The predicted molar refractivity (Wildman–Crippen MR) is 63.4 cm³/mol. The molecule has 3 N–H and O–H groups in total. The van der Waals surface area contributed by atoms with Crippen LogP contribution in [0.3, 0.4) is 0 Å². The molecule has 17 heavy (non-hydrogen) atoms. The number of carbonyl (C=O) groups is 2. The van der Waals surface area contributed by atoms with Crippen LogP contribution in [0.15, 0.2) is 0 Å². The topological polar surface area (TPSA) is 78.7 Å². The minimum Gasteiger partial charge on any atom is -0.368 e. The number of hydrogen-bond acceptors (Lipinski definition) is 3. The van der Waals surface area contributed by atoms with Crippen molar-refractivity contribution in [3.63, 3.8) is 0 Å². The summed E-state index contributed by atoms with van der Waals surface area (Å²) in [5.41, 5.74) is 5.15. The van der Waals surface area contributed by atoms with Gasteiger partial charge >= 0.3 is 6.03 Å². The van der Waals surface area contributed by atoms with E-state index >= 15 is 0 Å². The Kier molecular flexibility index (Phi) is 3.83. The van der Waals surface area contributed by atoms with Gasteiger partial charge in [0.05, 0.1) is 0 Å². The van der Waals surface area contributed by atoms with Crippen LogP contribution in [0.1, 0.15) is 19.3 Å². The number of nitrogens with two attached hydrogens (primary N) is 1. The summed E-state index contributed by atoms with van der Waals surface area (Å²) in [5.74, 6) is -0.439. The van der Waals surface area contributed by atoms with E-state index < -0.39 is 5.91 Å². The molecule has 6 heteroatoms. The van der Waals surface area contributed by atoms with Gasteiger partial charge in [0.15, 0.2) is 0 Å². The lowest BCUT2D eigenvalue weighted by molar-refractivity contribution is -0.119. The van der Waals surface area contributed by atoms with Crippen LogP contribution in [0.5, 0.6) is 0 Å². The van der Waals surface area contributed by atoms with E-state index in [9.17, 15) is 9.59 Å². The van der Waals surface area contributed by atoms with Gasteiger partial charge in [-0.1, -0.05) is 0 Å². The monoisotopic (exact) mass is 240 g/mol. The molecular weight excluding hydrogens is 220 g/mol. The molecule has 6 nitrogen and oxygen atoms in total. The van der Waals surface area contributed by atoms with E-state index in [1.165, 1.54) is 0 Å². The van der Waals surface area contributed by atoms with E-state index in [-0.39, 0.29) is 12.6 Å². The van der Waals surface area contributed by atoms with E-state index in [4.69, 9.17) is 5.73 Å². The minimum atomic E-state index is -0.439. The van der Waals surface area contributed by atoms with E-state index in [0.29, 0.717) is 12.6 Å². The summed E-state index contributed by atoms with van der Waals surface area (Å²) in [5, 5.41) is 3.29. The summed E-state index contributed by atoms with van der Waals surface area (Å²) < 4.78 is 0. The minimum absolute atomic E-state index is 0.0260. The number of carbonyl (C=O) groups excluding carboxylic acids is 2. The van der Waals surface area contributed by atoms with Crippen LogP contribution in [-0.4, -0.2) is 60.5 Å². The fourth-order valence-electron chi connectivity index (χ4n) is 2.60. The molecule has 0 aromatic carbocycles. The maximum Gasteiger partial charge on any atom is 0.320 e. The zero-order valence-electron chi connectivity index (χ0n) is 10.0. The van der Waals surface area contributed by atoms with Crippen molar-refractivity contribution in [1.29, 1.82) is 0 Å². The van der Waals surface area contributed by atoms with Crippen LogP contribution in [0.4, 0.5) is 4.79 Å². The third-order valence-electron chi connectivity index (χ3n) is 3.44. The molecular formula is C11H20N4O2. The second-order valence-corrected chi connectivity index (χ2v) is 4.70. The molecule has 2 fully saturated rings. The molecule has 2 rings (SSSR count). The summed E-state index contributed by atoms with van der Waals surface area (Å²) in [6.45, 7) is 3.41. The highest BCUT2D eigenvalue weighted by Crippen LogP contribution is 2.18. The molecule has 0 unspecified atom stereocenters. The highest BCUT2D eigenvalue weighted by molar-refractivity contribution is 5.83. The number of urea groups is 1. The van der Waals surface area contributed by atoms with Crippen LogP contribution in [0, 0.1) is 0 Å². The van der Waals surface area contributed by atoms with Crippen LogP contribution in [0.25, 0.3) is 0 Å². The van der Waals surface area contributed by atoms with E-state index in [0.717, 1.165) is 38.9 Å². The first-order chi connectivity index (χ1) is 8.18. The molecule has 2 heterocycles. The van der Waals surface area contributed by atoms with Crippen molar-refractivity contribution < 1.29 is 9.59 Å². The highest BCUT2D eigenvalue weighted by Gasteiger charge is 2.32. The standard InChI is InChI=1S/C11H20N4O2/c12-10(16)8-14-6-1-7-15(11(14)17)9-2-4-13-5-3-9/h9,13H,1-8H2,(H2,12,16). The Morgan fingerprint density at radius 3 is 2.71 bits per heavy atom. The van der Waals surface area contributed by atoms with Gasteiger partial charge in [-0.3, -0.25) is 4.79 Å². The first-order valence-electron chi connectivity index (χ1n) is 6.23. The van der Waals surface area contributed by atoms with Gasteiger partial charge < -0.3 is 20.9 Å². The van der Waals surface area contributed by atoms with Crippen molar-refractivity contribution in [2.24, 2.45) is 5.73 Å². The SMILES string of the molecule is NC(=O)CN1CCCN(C2CCNCC2)C1=O. The van der Waals surface area contributed by atoms with Gasteiger partial charge in [-0.25, -0.2) is 4.79 Å². The zero-order valence-corrected chi connectivity index (χ0v) is 10.0. The first-order valence-corrected chi connectivity index (χ1v) is 6.23. The first kappa shape index (κ1) is 12.2. The number of primary amides is 1. The van der Waals surface area contributed by atoms with Gasteiger partial charge in [0.1, 0.15) is 6.54 Å². The Labute approximate surface area is 101 Å². The Balaban J connectivity index is 1.97. The largest absolute Gasteiger partial charge is 0.368 e. The predicted octanol–water partition coefficient (Wildman–Crippen LogP) is -0.649. The Morgan fingerprint density at radius 2 is 2.06 bits per heavy atom. The average molecular weight is 240 g/mol. The summed E-state index contributed by atoms with van der Waals surface area (Å²) in [4.78, 5) is 26.6. The van der Waals surface area contributed by atoms with Crippen molar-refractivity contribution in [3.05, 3.63) is 0 Å². The molecule has 0 bridgehead atoms. The van der Waals surface area contributed by atoms with Crippen molar-refractivity contribution in [3.8, 4) is 0 Å². The molecule has 3 amide bonds. The maximum absolute atomic E-state index is 12.2. The molecule has 2 saturated heterocycles. The van der Waals surface area contributed by atoms with Crippen LogP contribution >= 0.6 is 0 Å². The number of hydrogen-bond donors (Lipinski definition) is 2. The fraction of sp³-hybridized carbons (Fsp3) is 0.818. The molecule has 2 aliphatic heterocycles. The van der Waals surface area contributed by atoms with E-state index in [1.54, 1.807) is 4.90 Å². The average Bonchev–Trinajstić information content (AvgIpc) is 2.32. The lowest BCUT2D eigenvalue weighted by Crippen LogP contribution is -2.56. The quantitative estimate of drug-likeness (QED) is 0.688. The molecule has 0 spiro atoms. The van der Waals surface area contributed by atoms with Gasteiger partial charge in [0.25, 0.3) is 0 Å². The molecule has 0 saturated carbocycles. The fourth-order valence-corrected chi connectivity index (χ4v) is 2.60. The van der Waals surface area contributed by atoms with Crippen molar-refractivity contribution in [2.45, 2.75) is 25.3 Å². The lowest BCUT2D eigenvalue weighted by atomic mass is 10.0. The molecule has 0 aromatic rings. The Hall–Kier alpha value is -1.30. The molecule has 0 aliphatic carbocycles. The number of amides is 3. The highest BCUT2D eigenvalue weighted by atomic mass is 16.2. The van der Waals surface area contributed by atoms with Gasteiger partial charge in [0, 0.05) is 19.1 Å². The zero-order chi connectivity index (χ0) is 12.3. The molecule has 2 aliphatic rings. The van der Waals surface area contributed by atoms with Crippen LogP contribution < -0.4 is 11.1 Å². The number of nitrogens with zero attached hydrogens (tertiary/aromatic N) is 2. The second kappa shape index (κ2) is 5.35. The van der Waals surface area contributed by atoms with Crippen molar-refractivity contribution in [2.75, 3.05) is 32.7 Å².